The number of benzene rings is 1. The van der Waals surface area contributed by atoms with E-state index in [-0.39, 0.29) is 17.5 Å². The summed E-state index contributed by atoms with van der Waals surface area (Å²) >= 11 is 3.32. The molecule has 2 rings (SSSR count). The summed E-state index contributed by atoms with van der Waals surface area (Å²) in [4.78, 5) is 0. The highest BCUT2D eigenvalue weighted by Crippen LogP contribution is 2.36. The number of nitrogens with one attached hydrogen (secondary N) is 1. The van der Waals surface area contributed by atoms with Crippen LogP contribution in [0.1, 0.15) is 37.7 Å². The maximum Gasteiger partial charge on any atom is 0.137 e. The molecule has 0 amide bonds. The Morgan fingerprint density at radius 2 is 2.10 bits per heavy atom. The summed E-state index contributed by atoms with van der Waals surface area (Å²) < 4.78 is 20.0. The third-order valence-corrected chi connectivity index (χ3v) is 5.29. The van der Waals surface area contributed by atoms with Crippen molar-refractivity contribution in [3.8, 4) is 0 Å². The summed E-state index contributed by atoms with van der Waals surface area (Å²) in [5, 5.41) is 0. The summed E-state index contributed by atoms with van der Waals surface area (Å²) in [6, 6.07) is 5.07. The first-order valence-corrected chi connectivity index (χ1v) is 7.86. The van der Waals surface area contributed by atoms with Crippen molar-refractivity contribution in [1.29, 1.82) is 0 Å². The summed E-state index contributed by atoms with van der Waals surface area (Å²) in [6.07, 6.45) is 6.16. The largest absolute Gasteiger partial charge is 0.377 e. The molecule has 0 aromatic heterocycles. The van der Waals surface area contributed by atoms with E-state index >= 15 is 0 Å². The molecular formula is C15H22BrFN2O. The number of hydrogen-bond donors (Lipinski definition) is 2. The minimum absolute atomic E-state index is 0.0223. The van der Waals surface area contributed by atoms with Crippen molar-refractivity contribution in [1.82, 2.24) is 5.43 Å². The number of rotatable bonds is 5. The Morgan fingerprint density at radius 1 is 1.40 bits per heavy atom. The standard InChI is InChI=1S/C15H22BrFN2O/c1-20-15(8-3-2-4-9-15)13(19-18)10-11-6-5-7-12(17)14(11)16/h5-7,13,19H,2-4,8-10,18H2,1H3. The first-order valence-electron chi connectivity index (χ1n) is 7.07. The van der Waals surface area contributed by atoms with Crippen LogP contribution in [0.25, 0.3) is 0 Å². The van der Waals surface area contributed by atoms with Crippen LogP contribution in [-0.4, -0.2) is 18.8 Å². The van der Waals surface area contributed by atoms with Crippen molar-refractivity contribution in [2.24, 2.45) is 5.84 Å². The van der Waals surface area contributed by atoms with Gasteiger partial charge in [0.1, 0.15) is 5.82 Å². The number of ether oxygens (including phenoxy) is 1. The molecule has 1 unspecified atom stereocenters. The van der Waals surface area contributed by atoms with Gasteiger partial charge in [-0.3, -0.25) is 11.3 Å². The van der Waals surface area contributed by atoms with E-state index < -0.39 is 0 Å². The van der Waals surface area contributed by atoms with Gasteiger partial charge in [0.15, 0.2) is 0 Å². The van der Waals surface area contributed by atoms with Crippen LogP contribution in [0, 0.1) is 5.82 Å². The van der Waals surface area contributed by atoms with E-state index in [2.05, 4.69) is 21.4 Å². The van der Waals surface area contributed by atoms with Crippen molar-refractivity contribution in [3.05, 3.63) is 34.1 Å². The van der Waals surface area contributed by atoms with Gasteiger partial charge in [0.05, 0.1) is 16.1 Å². The Morgan fingerprint density at radius 3 is 2.70 bits per heavy atom. The molecule has 3 N–H and O–H groups in total. The van der Waals surface area contributed by atoms with Crippen molar-refractivity contribution in [2.75, 3.05) is 7.11 Å². The van der Waals surface area contributed by atoms with Crippen LogP contribution < -0.4 is 11.3 Å². The first kappa shape index (κ1) is 15.9. The van der Waals surface area contributed by atoms with Crippen molar-refractivity contribution in [2.45, 2.75) is 50.2 Å². The first-order chi connectivity index (χ1) is 9.63. The fourth-order valence-electron chi connectivity index (χ4n) is 3.17. The molecule has 0 aliphatic heterocycles. The lowest BCUT2D eigenvalue weighted by molar-refractivity contribution is -0.0674. The second kappa shape index (κ2) is 6.98. The molecule has 0 spiro atoms. The van der Waals surface area contributed by atoms with E-state index in [0.717, 1.165) is 31.2 Å². The minimum Gasteiger partial charge on any atom is -0.377 e. The molecule has 112 valence electrons. The average Bonchev–Trinajstić information content (AvgIpc) is 2.49. The molecule has 5 heteroatoms. The van der Waals surface area contributed by atoms with Crippen LogP contribution in [-0.2, 0) is 11.2 Å². The van der Waals surface area contributed by atoms with E-state index in [4.69, 9.17) is 10.6 Å². The fraction of sp³-hybridized carbons (Fsp3) is 0.600. The molecule has 1 atom stereocenters. The fourth-order valence-corrected chi connectivity index (χ4v) is 3.59. The molecule has 1 aliphatic rings. The van der Waals surface area contributed by atoms with Gasteiger partial charge in [-0.25, -0.2) is 4.39 Å². The lowest BCUT2D eigenvalue weighted by Gasteiger charge is -2.42. The molecule has 1 fully saturated rings. The average molecular weight is 345 g/mol. The zero-order chi connectivity index (χ0) is 14.6. The van der Waals surface area contributed by atoms with Gasteiger partial charge < -0.3 is 4.74 Å². The molecule has 0 radical (unpaired) electrons. The van der Waals surface area contributed by atoms with Crippen molar-refractivity contribution < 1.29 is 9.13 Å². The quantitative estimate of drug-likeness (QED) is 0.636. The van der Waals surface area contributed by atoms with Crippen LogP contribution in [0.4, 0.5) is 4.39 Å². The predicted octanol–water partition coefficient (Wildman–Crippen LogP) is 3.31. The molecule has 0 bridgehead atoms. The maximum atomic E-state index is 13.6. The molecule has 1 aromatic rings. The summed E-state index contributed by atoms with van der Waals surface area (Å²) in [5.41, 5.74) is 3.55. The van der Waals surface area contributed by atoms with Gasteiger partial charge in [-0.05, 0) is 46.8 Å². The zero-order valence-corrected chi connectivity index (χ0v) is 13.4. The van der Waals surface area contributed by atoms with Crippen LogP contribution in [0.3, 0.4) is 0 Å². The van der Waals surface area contributed by atoms with Crippen LogP contribution in [0.2, 0.25) is 0 Å². The van der Waals surface area contributed by atoms with Crippen LogP contribution >= 0.6 is 15.9 Å². The number of methoxy groups -OCH3 is 1. The molecule has 1 aromatic carbocycles. The van der Waals surface area contributed by atoms with E-state index in [1.807, 2.05) is 6.07 Å². The summed E-state index contributed by atoms with van der Waals surface area (Å²) in [6.45, 7) is 0. The van der Waals surface area contributed by atoms with E-state index in [0.29, 0.717) is 10.9 Å². The SMILES string of the molecule is COC1(C(Cc2cccc(F)c2Br)NN)CCCCC1. The number of hydrogen-bond acceptors (Lipinski definition) is 3. The number of halogens is 2. The second-order valence-electron chi connectivity index (χ2n) is 5.47. The van der Waals surface area contributed by atoms with Crippen LogP contribution in [0.15, 0.2) is 22.7 Å². The monoisotopic (exact) mass is 344 g/mol. The molecule has 1 saturated carbocycles. The Labute approximate surface area is 128 Å². The maximum absolute atomic E-state index is 13.6. The highest BCUT2D eigenvalue weighted by molar-refractivity contribution is 9.10. The number of nitrogens with two attached hydrogens (primary N) is 1. The van der Waals surface area contributed by atoms with Gasteiger partial charge in [0, 0.05) is 7.11 Å². The Bertz CT molecular complexity index is 449. The normalized spacial score (nSPS) is 19.8. The molecule has 1 aliphatic carbocycles. The summed E-state index contributed by atoms with van der Waals surface area (Å²) in [5.74, 6) is 5.52. The van der Waals surface area contributed by atoms with Crippen molar-refractivity contribution in [3.63, 3.8) is 0 Å². The van der Waals surface area contributed by atoms with Gasteiger partial charge >= 0.3 is 0 Å². The van der Waals surface area contributed by atoms with Crippen molar-refractivity contribution >= 4 is 15.9 Å². The van der Waals surface area contributed by atoms with E-state index in [1.165, 1.54) is 12.5 Å². The molecule has 0 heterocycles. The van der Waals surface area contributed by atoms with Gasteiger partial charge in [0.25, 0.3) is 0 Å². The molecule has 3 nitrogen and oxygen atoms in total. The zero-order valence-electron chi connectivity index (χ0n) is 11.8. The third kappa shape index (κ3) is 3.22. The Kier molecular flexibility index (Phi) is 5.55. The molecule has 0 saturated heterocycles. The van der Waals surface area contributed by atoms with Crippen LogP contribution in [0.5, 0.6) is 0 Å². The highest BCUT2D eigenvalue weighted by atomic mass is 79.9. The third-order valence-electron chi connectivity index (χ3n) is 4.40. The van der Waals surface area contributed by atoms with Gasteiger partial charge in [0.2, 0.25) is 0 Å². The highest BCUT2D eigenvalue weighted by Gasteiger charge is 2.39. The summed E-state index contributed by atoms with van der Waals surface area (Å²) in [7, 11) is 1.75. The minimum atomic E-state index is -0.251. The van der Waals surface area contributed by atoms with E-state index in [9.17, 15) is 4.39 Å². The van der Waals surface area contributed by atoms with Gasteiger partial charge in [-0.2, -0.15) is 0 Å². The van der Waals surface area contributed by atoms with E-state index in [1.54, 1.807) is 13.2 Å². The second-order valence-corrected chi connectivity index (χ2v) is 6.26. The molecule has 20 heavy (non-hydrogen) atoms. The van der Waals surface area contributed by atoms with Gasteiger partial charge in [-0.15, -0.1) is 0 Å². The van der Waals surface area contributed by atoms with Gasteiger partial charge in [-0.1, -0.05) is 31.4 Å². The lowest BCUT2D eigenvalue weighted by atomic mass is 9.77. The molecular weight excluding hydrogens is 323 g/mol. The number of hydrazine groups is 1. The smallest absolute Gasteiger partial charge is 0.137 e. The Hall–Kier alpha value is -0.490. The predicted molar refractivity (Wildman–Crippen MR) is 81.7 cm³/mol. The lowest BCUT2D eigenvalue weighted by Crippen LogP contribution is -2.56. The Balaban J connectivity index is 2.21. The topological polar surface area (TPSA) is 47.3 Å².